The molecule has 0 saturated carbocycles. The van der Waals surface area contributed by atoms with Crippen molar-refractivity contribution in [3.63, 3.8) is 0 Å². The third kappa shape index (κ3) is 4.42. The molecule has 0 fully saturated rings. The third-order valence-electron chi connectivity index (χ3n) is 3.84. The second-order valence-electron chi connectivity index (χ2n) is 5.45. The van der Waals surface area contributed by atoms with Gasteiger partial charge in [-0.15, -0.1) is 0 Å². The fourth-order valence-electron chi connectivity index (χ4n) is 2.59. The third-order valence-corrected chi connectivity index (χ3v) is 4.78. The molecule has 1 aromatic heterocycles. The van der Waals surface area contributed by atoms with Gasteiger partial charge in [0, 0.05) is 17.5 Å². The van der Waals surface area contributed by atoms with Gasteiger partial charge < -0.3 is 0 Å². The molecule has 0 spiro atoms. The summed E-state index contributed by atoms with van der Waals surface area (Å²) in [5.41, 5.74) is 1.36. The van der Waals surface area contributed by atoms with Crippen LogP contribution in [0.15, 0.2) is 82.8 Å². The van der Waals surface area contributed by atoms with Crippen LogP contribution in [0.1, 0.15) is 30.7 Å². The normalized spacial score (nSPS) is 12.0. The van der Waals surface area contributed by atoms with Crippen LogP contribution in [-0.4, -0.2) is 9.97 Å². The van der Waals surface area contributed by atoms with Crippen molar-refractivity contribution < 1.29 is 0 Å². The topological polar surface area (TPSA) is 25.8 Å². The van der Waals surface area contributed by atoms with Crippen LogP contribution in [0.3, 0.4) is 0 Å². The predicted octanol–water partition coefficient (Wildman–Crippen LogP) is 5.36. The molecular formula is C20H20N2S. The summed E-state index contributed by atoms with van der Waals surface area (Å²) in [7, 11) is 0. The molecule has 1 atom stereocenters. The van der Waals surface area contributed by atoms with Gasteiger partial charge in [0.2, 0.25) is 0 Å². The maximum Gasteiger partial charge on any atom is 0.130 e. The molecule has 0 aliphatic carbocycles. The molecule has 3 aromatic rings. The Bertz CT molecular complexity index is 729. The molecule has 1 heterocycles. The summed E-state index contributed by atoms with van der Waals surface area (Å²) in [4.78, 5) is 10.4. The molecule has 0 amide bonds. The van der Waals surface area contributed by atoms with Gasteiger partial charge in [0.05, 0.1) is 0 Å². The van der Waals surface area contributed by atoms with Gasteiger partial charge in [-0.1, -0.05) is 67.2 Å². The Morgan fingerprint density at radius 3 is 2.30 bits per heavy atom. The van der Waals surface area contributed by atoms with Crippen molar-refractivity contribution in [1.29, 1.82) is 0 Å². The summed E-state index contributed by atoms with van der Waals surface area (Å²) in [6.07, 6.45) is 3.83. The molecule has 116 valence electrons. The van der Waals surface area contributed by atoms with Crippen molar-refractivity contribution in [2.45, 2.75) is 35.6 Å². The lowest BCUT2D eigenvalue weighted by atomic mass is 9.93. The molecule has 2 nitrogen and oxygen atoms in total. The molecule has 3 heteroatoms. The average molecular weight is 320 g/mol. The number of nitrogens with zero attached hydrogens (tertiary/aromatic N) is 2. The zero-order valence-electron chi connectivity index (χ0n) is 13.2. The van der Waals surface area contributed by atoms with E-state index < -0.39 is 0 Å². The van der Waals surface area contributed by atoms with E-state index in [0.717, 1.165) is 23.7 Å². The zero-order valence-corrected chi connectivity index (χ0v) is 14.0. The maximum absolute atomic E-state index is 4.73. The fraction of sp³-hybridized carbons (Fsp3) is 0.200. The van der Waals surface area contributed by atoms with Gasteiger partial charge in [0.1, 0.15) is 10.9 Å². The summed E-state index contributed by atoms with van der Waals surface area (Å²) in [6.45, 7) is 2.22. The fourth-order valence-corrected chi connectivity index (χ4v) is 3.40. The maximum atomic E-state index is 4.73. The zero-order chi connectivity index (χ0) is 15.9. The first kappa shape index (κ1) is 15.8. The first-order valence-electron chi connectivity index (χ1n) is 7.95. The van der Waals surface area contributed by atoms with E-state index in [1.807, 2.05) is 30.5 Å². The van der Waals surface area contributed by atoms with Crippen LogP contribution in [0.2, 0.25) is 0 Å². The van der Waals surface area contributed by atoms with Crippen LogP contribution in [0.4, 0.5) is 0 Å². The highest BCUT2D eigenvalue weighted by Crippen LogP contribution is 2.27. The van der Waals surface area contributed by atoms with E-state index in [2.05, 4.69) is 54.4 Å². The molecule has 0 radical (unpaired) electrons. The average Bonchev–Trinajstić information content (AvgIpc) is 2.62. The number of hydrogen-bond donors (Lipinski definition) is 0. The van der Waals surface area contributed by atoms with Crippen molar-refractivity contribution in [3.8, 4) is 0 Å². The molecule has 0 N–H and O–H groups in total. The summed E-state index contributed by atoms with van der Waals surface area (Å²) >= 11 is 1.68. The number of hydrogen-bond acceptors (Lipinski definition) is 3. The van der Waals surface area contributed by atoms with Gasteiger partial charge in [-0.25, -0.2) is 9.97 Å². The van der Waals surface area contributed by atoms with Crippen LogP contribution >= 0.6 is 11.8 Å². The Morgan fingerprint density at radius 1 is 0.913 bits per heavy atom. The van der Waals surface area contributed by atoms with Crippen LogP contribution in [0.5, 0.6) is 0 Å². The minimum atomic E-state index is 0.466. The molecular weight excluding hydrogens is 300 g/mol. The van der Waals surface area contributed by atoms with Gasteiger partial charge in [0.15, 0.2) is 0 Å². The second-order valence-corrected chi connectivity index (χ2v) is 6.54. The predicted molar refractivity (Wildman–Crippen MR) is 95.8 cm³/mol. The van der Waals surface area contributed by atoms with Gasteiger partial charge in [-0.05, 0) is 36.1 Å². The molecule has 2 aromatic carbocycles. The first-order valence-corrected chi connectivity index (χ1v) is 8.76. The van der Waals surface area contributed by atoms with Crippen molar-refractivity contribution in [2.75, 3.05) is 0 Å². The molecule has 0 bridgehead atoms. The minimum absolute atomic E-state index is 0.466. The van der Waals surface area contributed by atoms with Crippen molar-refractivity contribution in [3.05, 3.63) is 84.3 Å². The number of benzene rings is 2. The molecule has 0 saturated heterocycles. The molecule has 23 heavy (non-hydrogen) atoms. The van der Waals surface area contributed by atoms with Crippen molar-refractivity contribution in [1.82, 2.24) is 9.97 Å². The van der Waals surface area contributed by atoms with E-state index in [1.165, 1.54) is 10.5 Å². The highest BCUT2D eigenvalue weighted by molar-refractivity contribution is 7.99. The van der Waals surface area contributed by atoms with E-state index in [-0.39, 0.29) is 0 Å². The Balaban J connectivity index is 1.74. The van der Waals surface area contributed by atoms with E-state index in [9.17, 15) is 0 Å². The summed E-state index contributed by atoms with van der Waals surface area (Å²) < 4.78 is 0. The first-order chi connectivity index (χ1) is 11.3. The van der Waals surface area contributed by atoms with E-state index in [1.54, 1.807) is 11.8 Å². The lowest BCUT2D eigenvalue weighted by molar-refractivity contribution is 0.631. The smallest absolute Gasteiger partial charge is 0.130 e. The van der Waals surface area contributed by atoms with Gasteiger partial charge >= 0.3 is 0 Å². The molecule has 0 aliphatic heterocycles. The highest BCUT2D eigenvalue weighted by Gasteiger charge is 2.12. The van der Waals surface area contributed by atoms with Gasteiger partial charge in [-0.3, -0.25) is 0 Å². The highest BCUT2D eigenvalue weighted by atomic mass is 32.2. The Labute approximate surface area is 142 Å². The number of aromatic nitrogens is 2. The molecule has 0 unspecified atom stereocenters. The van der Waals surface area contributed by atoms with E-state index in [4.69, 9.17) is 4.98 Å². The van der Waals surface area contributed by atoms with Gasteiger partial charge in [0.25, 0.3) is 0 Å². The summed E-state index contributed by atoms with van der Waals surface area (Å²) in [5, 5.41) is 1.00. The van der Waals surface area contributed by atoms with Crippen molar-refractivity contribution in [2.24, 2.45) is 0 Å². The lowest BCUT2D eigenvalue weighted by Gasteiger charge is -2.14. The Morgan fingerprint density at radius 2 is 1.61 bits per heavy atom. The quantitative estimate of drug-likeness (QED) is 0.571. The monoisotopic (exact) mass is 320 g/mol. The summed E-state index contributed by atoms with van der Waals surface area (Å²) in [5.74, 6) is 1.38. The lowest BCUT2D eigenvalue weighted by Crippen LogP contribution is -2.05. The van der Waals surface area contributed by atoms with Gasteiger partial charge in [-0.2, -0.15) is 0 Å². The molecule has 0 aliphatic rings. The Kier molecular flexibility index (Phi) is 5.43. The standard InChI is InChI=1S/C20H20N2S/c1-2-16(17-9-5-3-6-10-17)15-19-21-14-13-20(22-19)23-18-11-7-4-8-12-18/h3-14,16H,2,15H2,1H3/t16-/m1/s1. The Hall–Kier alpha value is -2.13. The second kappa shape index (κ2) is 7.93. The van der Waals surface area contributed by atoms with E-state index >= 15 is 0 Å². The summed E-state index contributed by atoms with van der Waals surface area (Å²) in [6, 6.07) is 22.9. The SMILES string of the molecule is CC[C@H](Cc1nccc(Sc2ccccc2)n1)c1ccccc1. The molecule has 3 rings (SSSR count). The van der Waals surface area contributed by atoms with Crippen LogP contribution in [0, 0.1) is 0 Å². The van der Waals surface area contributed by atoms with Crippen molar-refractivity contribution >= 4 is 11.8 Å². The van der Waals surface area contributed by atoms with Crippen LogP contribution < -0.4 is 0 Å². The number of rotatable bonds is 6. The largest absolute Gasteiger partial charge is 0.241 e. The van der Waals surface area contributed by atoms with Crippen LogP contribution in [0.25, 0.3) is 0 Å². The minimum Gasteiger partial charge on any atom is -0.241 e. The van der Waals surface area contributed by atoms with Crippen LogP contribution in [-0.2, 0) is 6.42 Å². The van der Waals surface area contributed by atoms with E-state index in [0.29, 0.717) is 5.92 Å².